The zero-order chi connectivity index (χ0) is 17.3. The molecule has 2 heterocycles. The van der Waals surface area contributed by atoms with Crippen molar-refractivity contribution < 1.29 is 9.90 Å². The van der Waals surface area contributed by atoms with Gasteiger partial charge in [-0.1, -0.05) is 39.7 Å². The molecule has 0 aliphatic rings. The van der Waals surface area contributed by atoms with Crippen LogP contribution in [0.5, 0.6) is 0 Å². The van der Waals surface area contributed by atoms with Crippen LogP contribution in [-0.2, 0) is 0 Å². The average molecular weight is 425 g/mol. The predicted octanol–water partition coefficient (Wildman–Crippen LogP) is 3.85. The second-order valence-electron chi connectivity index (χ2n) is 4.95. The average Bonchev–Trinajstić information content (AvgIpc) is 2.96. The van der Waals surface area contributed by atoms with Gasteiger partial charge < -0.3 is 10.8 Å². The van der Waals surface area contributed by atoms with Crippen molar-refractivity contribution in [1.82, 2.24) is 9.97 Å². The first kappa shape index (κ1) is 17.0. The maximum absolute atomic E-state index is 12.5. The van der Waals surface area contributed by atoms with Gasteiger partial charge in [0.15, 0.2) is 0 Å². The lowest BCUT2D eigenvalue weighted by Crippen LogP contribution is -2.06. The number of rotatable bonds is 4. The molecule has 3 rings (SSSR count). The summed E-state index contributed by atoms with van der Waals surface area (Å²) in [5.74, 6) is -0.221. The molecule has 0 bridgehead atoms. The molecular weight excluding hydrogens is 414 g/mol. The summed E-state index contributed by atoms with van der Waals surface area (Å²) < 4.78 is 1.19. The number of aliphatic hydroxyl groups is 1. The highest BCUT2D eigenvalue weighted by atomic mass is 79.9. The third kappa shape index (κ3) is 3.34. The van der Waals surface area contributed by atoms with E-state index >= 15 is 0 Å². The number of carbonyl (C=O) groups is 1. The Morgan fingerprint density at radius 1 is 1.38 bits per heavy atom. The number of aliphatic hydroxyl groups excluding tert-OH is 1. The van der Waals surface area contributed by atoms with E-state index in [4.69, 9.17) is 17.3 Å². The molecule has 0 aliphatic heterocycles. The van der Waals surface area contributed by atoms with Gasteiger partial charge in [-0.15, -0.1) is 11.3 Å². The van der Waals surface area contributed by atoms with Crippen LogP contribution < -0.4 is 5.73 Å². The van der Waals surface area contributed by atoms with Crippen LogP contribution in [0.2, 0.25) is 4.34 Å². The van der Waals surface area contributed by atoms with E-state index in [1.165, 1.54) is 12.5 Å². The number of hydrogen-bond acceptors (Lipinski definition) is 6. The topological polar surface area (TPSA) is 89.1 Å². The number of hydrogen-bond donors (Lipinski definition) is 2. The van der Waals surface area contributed by atoms with Gasteiger partial charge >= 0.3 is 0 Å². The number of nitrogens with two attached hydrogens (primary N) is 1. The Bertz CT molecular complexity index is 916. The highest BCUT2D eigenvalue weighted by Gasteiger charge is 2.22. The van der Waals surface area contributed by atoms with Gasteiger partial charge in [0, 0.05) is 16.2 Å². The fraction of sp³-hybridized carbons (Fsp3) is 0.0625. The van der Waals surface area contributed by atoms with E-state index in [0.717, 1.165) is 15.8 Å². The molecule has 5 nitrogen and oxygen atoms in total. The number of thiophene rings is 1. The predicted molar refractivity (Wildman–Crippen MR) is 97.4 cm³/mol. The minimum atomic E-state index is -0.933. The van der Waals surface area contributed by atoms with Crippen LogP contribution >= 0.6 is 38.9 Å². The largest absolute Gasteiger partial charge is 0.384 e. The summed E-state index contributed by atoms with van der Waals surface area (Å²) in [5.41, 5.74) is 7.07. The lowest BCUT2D eigenvalue weighted by molar-refractivity contribution is 0.104. The summed E-state index contributed by atoms with van der Waals surface area (Å²) in [6.07, 6.45) is 1.70. The van der Waals surface area contributed by atoms with E-state index in [0.29, 0.717) is 20.3 Å². The van der Waals surface area contributed by atoms with Crippen LogP contribution in [0.25, 0.3) is 0 Å². The molecule has 24 heavy (non-hydrogen) atoms. The summed E-state index contributed by atoms with van der Waals surface area (Å²) in [6.45, 7) is 0. The first-order valence-corrected chi connectivity index (χ1v) is 8.79. The van der Waals surface area contributed by atoms with E-state index in [1.807, 2.05) is 12.1 Å². The molecule has 0 radical (unpaired) electrons. The number of benzene rings is 1. The first-order valence-electron chi connectivity index (χ1n) is 6.80. The number of nitrogens with zero attached hydrogens (tertiary/aromatic N) is 2. The smallest absolute Gasteiger partial charge is 0.208 e. The molecule has 0 saturated heterocycles. The SMILES string of the molecule is Nc1ncncc1C(=O)c1cc(C(O)c2cccc(Br)c2)c(Cl)s1. The molecular formula is C16H11BrClN3O2S. The van der Waals surface area contributed by atoms with E-state index in [9.17, 15) is 9.90 Å². The summed E-state index contributed by atoms with van der Waals surface area (Å²) in [6, 6.07) is 8.83. The van der Waals surface area contributed by atoms with Gasteiger partial charge in [0.1, 0.15) is 18.2 Å². The van der Waals surface area contributed by atoms with Crippen molar-refractivity contribution in [3.63, 3.8) is 0 Å². The maximum atomic E-state index is 12.5. The molecule has 1 atom stereocenters. The Morgan fingerprint density at radius 3 is 2.88 bits per heavy atom. The number of carbonyl (C=O) groups excluding carboxylic acids is 1. The van der Waals surface area contributed by atoms with Gasteiger partial charge in [-0.25, -0.2) is 9.97 Å². The molecule has 3 N–H and O–H groups in total. The molecule has 0 fully saturated rings. The van der Waals surface area contributed by atoms with Gasteiger partial charge in [-0.2, -0.15) is 0 Å². The molecule has 8 heteroatoms. The van der Waals surface area contributed by atoms with Crippen LogP contribution in [0.15, 0.2) is 47.3 Å². The highest BCUT2D eigenvalue weighted by molar-refractivity contribution is 9.10. The molecule has 3 aromatic rings. The van der Waals surface area contributed by atoms with E-state index in [-0.39, 0.29) is 17.2 Å². The number of aromatic nitrogens is 2. The molecule has 0 amide bonds. The zero-order valence-electron chi connectivity index (χ0n) is 12.1. The first-order chi connectivity index (χ1) is 11.5. The van der Waals surface area contributed by atoms with E-state index in [2.05, 4.69) is 25.9 Å². The Kier molecular flexibility index (Phi) is 4.96. The minimum absolute atomic E-state index is 0.105. The summed E-state index contributed by atoms with van der Waals surface area (Å²) in [4.78, 5) is 20.5. The summed E-state index contributed by atoms with van der Waals surface area (Å²) in [7, 11) is 0. The third-order valence-electron chi connectivity index (χ3n) is 3.38. The number of nitrogen functional groups attached to an aromatic ring is 1. The normalized spacial score (nSPS) is 12.1. The maximum Gasteiger partial charge on any atom is 0.208 e. The van der Waals surface area contributed by atoms with Gasteiger partial charge in [-0.05, 0) is 23.8 Å². The zero-order valence-corrected chi connectivity index (χ0v) is 15.3. The Labute approximate surface area is 155 Å². The van der Waals surface area contributed by atoms with Crippen LogP contribution in [0.3, 0.4) is 0 Å². The van der Waals surface area contributed by atoms with Crippen LogP contribution in [0, 0.1) is 0 Å². The van der Waals surface area contributed by atoms with Crippen molar-refractivity contribution in [2.24, 2.45) is 0 Å². The van der Waals surface area contributed by atoms with Gasteiger partial charge in [0.25, 0.3) is 0 Å². The van der Waals surface area contributed by atoms with Crippen molar-refractivity contribution in [3.05, 3.63) is 73.2 Å². The van der Waals surface area contributed by atoms with Crippen LogP contribution in [-0.4, -0.2) is 20.9 Å². The van der Waals surface area contributed by atoms with Gasteiger partial charge in [0.05, 0.1) is 14.8 Å². The third-order valence-corrected chi connectivity index (χ3v) is 5.26. The molecule has 2 aromatic heterocycles. The molecule has 0 aliphatic carbocycles. The lowest BCUT2D eigenvalue weighted by Gasteiger charge is -2.10. The van der Waals surface area contributed by atoms with Gasteiger partial charge in [0.2, 0.25) is 5.78 Å². The quantitative estimate of drug-likeness (QED) is 0.621. The lowest BCUT2D eigenvalue weighted by atomic mass is 10.0. The molecule has 0 saturated carbocycles. The van der Waals surface area contributed by atoms with Crippen molar-refractivity contribution in [1.29, 1.82) is 0 Å². The minimum Gasteiger partial charge on any atom is -0.384 e. The Balaban J connectivity index is 1.96. The monoisotopic (exact) mass is 423 g/mol. The standard InChI is InChI=1S/C16H11BrClN3O2S/c17-9-3-1-2-8(4-9)13(22)10-5-12(24-15(10)18)14(23)11-6-20-7-21-16(11)19/h1-7,13,22H,(H2,19,20,21). The fourth-order valence-electron chi connectivity index (χ4n) is 2.18. The Hall–Kier alpha value is -1.80. The van der Waals surface area contributed by atoms with Gasteiger partial charge in [-0.3, -0.25) is 4.79 Å². The molecule has 1 unspecified atom stereocenters. The number of ketones is 1. The number of halogens is 2. The van der Waals surface area contributed by atoms with Crippen molar-refractivity contribution >= 4 is 50.5 Å². The Morgan fingerprint density at radius 2 is 2.17 bits per heavy atom. The molecule has 1 aromatic carbocycles. The van der Waals surface area contributed by atoms with Crippen molar-refractivity contribution in [2.45, 2.75) is 6.10 Å². The number of anilines is 1. The summed E-state index contributed by atoms with van der Waals surface area (Å²) in [5, 5.41) is 10.6. The molecule has 122 valence electrons. The van der Waals surface area contributed by atoms with Crippen LogP contribution in [0.1, 0.15) is 32.5 Å². The second kappa shape index (κ2) is 6.98. The molecule has 0 spiro atoms. The van der Waals surface area contributed by atoms with Crippen LogP contribution in [0.4, 0.5) is 5.82 Å². The second-order valence-corrected chi connectivity index (χ2v) is 7.52. The fourth-order valence-corrected chi connectivity index (χ4v) is 3.88. The van der Waals surface area contributed by atoms with E-state index < -0.39 is 6.10 Å². The van der Waals surface area contributed by atoms with Crippen molar-refractivity contribution in [3.8, 4) is 0 Å². The van der Waals surface area contributed by atoms with Crippen molar-refractivity contribution in [2.75, 3.05) is 5.73 Å². The van der Waals surface area contributed by atoms with E-state index in [1.54, 1.807) is 18.2 Å². The highest BCUT2D eigenvalue weighted by Crippen LogP contribution is 2.36. The summed E-state index contributed by atoms with van der Waals surface area (Å²) >= 11 is 10.7.